The minimum absolute atomic E-state index is 0.0271. The van der Waals surface area contributed by atoms with Crippen molar-refractivity contribution in [2.45, 2.75) is 79.2 Å². The molecule has 3 unspecified atom stereocenters. The van der Waals surface area contributed by atoms with Crippen LogP contribution in [0.15, 0.2) is 0 Å². The van der Waals surface area contributed by atoms with E-state index in [0.29, 0.717) is 11.3 Å². The third kappa shape index (κ3) is 4.99. The Bertz CT molecular complexity index is 214. The summed E-state index contributed by atoms with van der Waals surface area (Å²) in [6, 6.07) is 0. The lowest BCUT2D eigenvalue weighted by Gasteiger charge is -2.40. The maximum absolute atomic E-state index is 10.1. The van der Waals surface area contributed by atoms with Crippen LogP contribution in [0.4, 0.5) is 0 Å². The summed E-state index contributed by atoms with van der Waals surface area (Å²) < 4.78 is 0. The molecule has 0 bridgehead atoms. The highest BCUT2D eigenvalue weighted by molar-refractivity contribution is 4.85. The second-order valence-electron chi connectivity index (χ2n) is 7.53. The third-order valence-electron chi connectivity index (χ3n) is 4.52. The van der Waals surface area contributed by atoms with Crippen molar-refractivity contribution < 1.29 is 5.11 Å². The first-order valence-electron chi connectivity index (χ1n) is 7.48. The summed E-state index contributed by atoms with van der Waals surface area (Å²) in [5.74, 6) is 2.16. The predicted octanol–water partition coefficient (Wildman–Crippen LogP) is 4.64. The van der Waals surface area contributed by atoms with Crippen LogP contribution in [-0.4, -0.2) is 11.2 Å². The maximum Gasteiger partial charge on any atom is 0.0568 e. The fourth-order valence-electron chi connectivity index (χ4n) is 3.13. The van der Waals surface area contributed by atoms with Crippen molar-refractivity contribution in [2.75, 3.05) is 0 Å². The molecule has 0 aromatic heterocycles. The number of hydrogen-bond acceptors (Lipinski definition) is 1. The summed E-state index contributed by atoms with van der Waals surface area (Å²) in [5.41, 5.74) is 0.413. The van der Waals surface area contributed by atoms with Crippen LogP contribution in [0.3, 0.4) is 0 Å². The van der Waals surface area contributed by atoms with Gasteiger partial charge in [0.05, 0.1) is 6.10 Å². The molecule has 1 rings (SSSR count). The van der Waals surface area contributed by atoms with E-state index in [1.807, 2.05) is 0 Å². The van der Waals surface area contributed by atoms with Crippen LogP contribution in [0, 0.1) is 23.2 Å². The molecule has 0 amide bonds. The first-order valence-corrected chi connectivity index (χ1v) is 7.48. The van der Waals surface area contributed by atoms with Gasteiger partial charge >= 0.3 is 0 Å². The Balaban J connectivity index is 2.41. The van der Waals surface area contributed by atoms with E-state index in [9.17, 15) is 5.11 Å². The molecule has 0 aliphatic heterocycles. The molecule has 0 aromatic carbocycles. The van der Waals surface area contributed by atoms with Crippen LogP contribution < -0.4 is 0 Å². The predicted molar refractivity (Wildman–Crippen MR) is 75.0 cm³/mol. The van der Waals surface area contributed by atoms with Gasteiger partial charge in [-0.05, 0) is 48.9 Å². The van der Waals surface area contributed by atoms with Gasteiger partial charge in [-0.2, -0.15) is 0 Å². The highest BCUT2D eigenvalue weighted by atomic mass is 16.3. The van der Waals surface area contributed by atoms with Crippen molar-refractivity contribution in [1.82, 2.24) is 0 Å². The van der Waals surface area contributed by atoms with Gasteiger partial charge in [0.25, 0.3) is 0 Å². The molecule has 102 valence electrons. The molecule has 1 aliphatic rings. The van der Waals surface area contributed by atoms with Gasteiger partial charge in [-0.1, -0.05) is 47.5 Å². The average Bonchev–Trinajstić information content (AvgIpc) is 2.18. The Kier molecular flexibility index (Phi) is 5.50. The van der Waals surface area contributed by atoms with Crippen LogP contribution in [-0.2, 0) is 0 Å². The second kappa shape index (κ2) is 6.22. The fourth-order valence-corrected chi connectivity index (χ4v) is 3.13. The summed E-state index contributed by atoms with van der Waals surface area (Å²) in [4.78, 5) is 0. The molecule has 17 heavy (non-hydrogen) atoms. The van der Waals surface area contributed by atoms with E-state index in [4.69, 9.17) is 0 Å². The van der Waals surface area contributed by atoms with Crippen molar-refractivity contribution in [2.24, 2.45) is 23.2 Å². The molecule has 1 nitrogen and oxygen atoms in total. The summed E-state index contributed by atoms with van der Waals surface area (Å²) in [6.07, 6.45) is 7.27. The first-order chi connectivity index (χ1) is 7.80. The van der Waals surface area contributed by atoms with E-state index < -0.39 is 0 Å². The van der Waals surface area contributed by atoms with E-state index in [-0.39, 0.29) is 6.10 Å². The lowest BCUT2D eigenvalue weighted by molar-refractivity contribution is 0.0145. The van der Waals surface area contributed by atoms with Gasteiger partial charge in [-0.3, -0.25) is 0 Å². The zero-order chi connectivity index (χ0) is 13.1. The smallest absolute Gasteiger partial charge is 0.0568 e. The van der Waals surface area contributed by atoms with Crippen molar-refractivity contribution in [3.63, 3.8) is 0 Å². The fraction of sp³-hybridized carbons (Fsp3) is 1.00. The Labute approximate surface area is 108 Å². The zero-order valence-corrected chi connectivity index (χ0v) is 12.5. The zero-order valence-electron chi connectivity index (χ0n) is 12.5. The van der Waals surface area contributed by atoms with E-state index in [1.165, 1.54) is 32.1 Å². The molecule has 0 radical (unpaired) electrons. The molecule has 0 aromatic rings. The molecule has 0 spiro atoms. The molecule has 0 saturated heterocycles. The molecule has 1 fully saturated rings. The minimum Gasteiger partial charge on any atom is -0.393 e. The molecule has 0 heterocycles. The molecule has 1 heteroatoms. The Morgan fingerprint density at radius 3 is 2.35 bits per heavy atom. The van der Waals surface area contributed by atoms with Crippen molar-refractivity contribution in [3.05, 3.63) is 0 Å². The van der Waals surface area contributed by atoms with Crippen LogP contribution in [0.25, 0.3) is 0 Å². The van der Waals surface area contributed by atoms with E-state index >= 15 is 0 Å². The van der Waals surface area contributed by atoms with Gasteiger partial charge in [0.15, 0.2) is 0 Å². The number of aliphatic hydroxyl groups is 1. The van der Waals surface area contributed by atoms with Gasteiger partial charge in [0.1, 0.15) is 0 Å². The number of rotatable bonds is 4. The van der Waals surface area contributed by atoms with Gasteiger partial charge in [0.2, 0.25) is 0 Å². The van der Waals surface area contributed by atoms with Crippen LogP contribution in [0.2, 0.25) is 0 Å². The van der Waals surface area contributed by atoms with Crippen molar-refractivity contribution in [1.29, 1.82) is 0 Å². The van der Waals surface area contributed by atoms with Gasteiger partial charge in [-0.15, -0.1) is 0 Å². The van der Waals surface area contributed by atoms with Crippen LogP contribution in [0.5, 0.6) is 0 Å². The van der Waals surface area contributed by atoms with Crippen LogP contribution >= 0.6 is 0 Å². The topological polar surface area (TPSA) is 20.2 Å². The van der Waals surface area contributed by atoms with Gasteiger partial charge < -0.3 is 5.11 Å². The molecular formula is C16H32O. The van der Waals surface area contributed by atoms with Crippen molar-refractivity contribution in [3.8, 4) is 0 Å². The minimum atomic E-state index is -0.0271. The van der Waals surface area contributed by atoms with Crippen molar-refractivity contribution >= 4 is 0 Å². The molecule has 1 aliphatic carbocycles. The summed E-state index contributed by atoms with van der Waals surface area (Å²) in [7, 11) is 0. The SMILES string of the molecule is CC(C)CCCC1CC(C(C)(C)C)CCC1O. The standard InChI is InChI=1S/C16H32O/c1-12(2)7-6-8-13-11-14(16(3,4)5)9-10-15(13)17/h12-15,17H,6-11H2,1-5H3. The number of hydrogen-bond donors (Lipinski definition) is 1. The van der Waals surface area contributed by atoms with E-state index in [0.717, 1.165) is 18.3 Å². The highest BCUT2D eigenvalue weighted by Crippen LogP contribution is 2.41. The van der Waals surface area contributed by atoms with E-state index in [2.05, 4.69) is 34.6 Å². The molecule has 1 N–H and O–H groups in total. The van der Waals surface area contributed by atoms with E-state index in [1.54, 1.807) is 0 Å². The third-order valence-corrected chi connectivity index (χ3v) is 4.52. The molecule has 1 saturated carbocycles. The molecule has 3 atom stereocenters. The summed E-state index contributed by atoms with van der Waals surface area (Å²) in [6.45, 7) is 11.6. The quantitative estimate of drug-likeness (QED) is 0.759. The summed E-state index contributed by atoms with van der Waals surface area (Å²) in [5, 5.41) is 10.1. The average molecular weight is 240 g/mol. The van der Waals surface area contributed by atoms with Gasteiger partial charge in [-0.25, -0.2) is 0 Å². The Hall–Kier alpha value is -0.0400. The molecular weight excluding hydrogens is 208 g/mol. The Morgan fingerprint density at radius 1 is 1.18 bits per heavy atom. The summed E-state index contributed by atoms with van der Waals surface area (Å²) >= 11 is 0. The number of aliphatic hydroxyl groups excluding tert-OH is 1. The highest BCUT2D eigenvalue weighted by Gasteiger charge is 2.34. The second-order valence-corrected chi connectivity index (χ2v) is 7.53. The lowest BCUT2D eigenvalue weighted by atomic mass is 9.67. The largest absolute Gasteiger partial charge is 0.393 e. The lowest BCUT2D eigenvalue weighted by Crippen LogP contribution is -2.34. The Morgan fingerprint density at radius 2 is 1.82 bits per heavy atom. The normalized spacial score (nSPS) is 30.9. The maximum atomic E-state index is 10.1. The first kappa shape index (κ1) is 15.0. The monoisotopic (exact) mass is 240 g/mol. The van der Waals surface area contributed by atoms with Gasteiger partial charge in [0, 0.05) is 0 Å². The van der Waals surface area contributed by atoms with Crippen LogP contribution in [0.1, 0.15) is 73.1 Å².